The molecule has 4 N–H and O–H groups in total. The molecule has 3 aromatic rings. The molecule has 2 aromatic carbocycles. The van der Waals surface area contributed by atoms with Crippen LogP contribution in [0.5, 0.6) is 23.0 Å². The Hall–Kier alpha value is -3.48. The minimum atomic E-state index is -1.08. The Morgan fingerprint density at radius 2 is 1.57 bits per heavy atom. The van der Waals surface area contributed by atoms with Crippen molar-refractivity contribution in [3.8, 4) is 23.0 Å². The SMILES string of the molecule is O=C([O-])C1CC2(c3c4ccc(O)c(O)c4[o+]c4c(O)c(O)ccc34)C3=CC1C32. The maximum absolute atomic E-state index is 11.6. The van der Waals surface area contributed by atoms with Crippen LogP contribution in [0.15, 0.2) is 40.3 Å². The Labute approximate surface area is 157 Å². The van der Waals surface area contributed by atoms with E-state index >= 15 is 0 Å². The lowest BCUT2D eigenvalue weighted by Crippen LogP contribution is -2.37. The molecular formula is C21H14O7. The number of aliphatic carboxylic acids is 1. The van der Waals surface area contributed by atoms with Gasteiger partial charge in [0.1, 0.15) is 0 Å². The number of aromatic hydroxyl groups is 4. The zero-order valence-corrected chi connectivity index (χ0v) is 14.3. The third-order valence-electron chi connectivity index (χ3n) is 6.77. The van der Waals surface area contributed by atoms with Crippen LogP contribution in [0.25, 0.3) is 21.9 Å². The van der Waals surface area contributed by atoms with Crippen molar-refractivity contribution < 1.29 is 34.7 Å². The summed E-state index contributed by atoms with van der Waals surface area (Å²) < 4.78 is 5.69. The minimum Gasteiger partial charge on any atom is -0.550 e. The first kappa shape index (κ1) is 15.6. The highest BCUT2D eigenvalue weighted by Crippen LogP contribution is 2.80. The van der Waals surface area contributed by atoms with Gasteiger partial charge in [0.25, 0.3) is 11.5 Å². The Bertz CT molecular complexity index is 1230. The molecule has 0 spiro atoms. The molecule has 4 atom stereocenters. The van der Waals surface area contributed by atoms with Gasteiger partial charge in [-0.15, -0.1) is 0 Å². The summed E-state index contributed by atoms with van der Waals surface area (Å²) in [5, 5.41) is 53.2. The highest BCUT2D eigenvalue weighted by atomic mass is 16.4. The van der Waals surface area contributed by atoms with Gasteiger partial charge in [0, 0.05) is 23.2 Å². The van der Waals surface area contributed by atoms with E-state index in [4.69, 9.17) is 4.42 Å². The third kappa shape index (κ3) is 1.50. The molecule has 140 valence electrons. The molecule has 2 saturated carbocycles. The summed E-state index contributed by atoms with van der Waals surface area (Å²) >= 11 is 0. The molecule has 0 bridgehead atoms. The first-order chi connectivity index (χ1) is 13.4. The van der Waals surface area contributed by atoms with E-state index in [0.717, 1.165) is 11.1 Å². The average molecular weight is 378 g/mol. The molecule has 3 aliphatic rings. The summed E-state index contributed by atoms with van der Waals surface area (Å²) in [5.74, 6) is -3.40. The Morgan fingerprint density at radius 1 is 1.00 bits per heavy atom. The quantitative estimate of drug-likeness (QED) is 0.232. The van der Waals surface area contributed by atoms with E-state index in [9.17, 15) is 30.3 Å². The summed E-state index contributed by atoms with van der Waals surface area (Å²) in [5.41, 5.74) is 1.28. The largest absolute Gasteiger partial charge is 0.550 e. The molecule has 1 aromatic heterocycles. The second-order valence-corrected chi connectivity index (χ2v) is 7.88. The van der Waals surface area contributed by atoms with Crippen LogP contribution >= 0.6 is 0 Å². The molecule has 28 heavy (non-hydrogen) atoms. The summed E-state index contributed by atoms with van der Waals surface area (Å²) in [6.07, 6.45) is 2.34. The van der Waals surface area contributed by atoms with Gasteiger partial charge in [-0.3, -0.25) is 0 Å². The second-order valence-electron chi connectivity index (χ2n) is 7.88. The van der Waals surface area contributed by atoms with E-state index in [-0.39, 0.29) is 34.5 Å². The van der Waals surface area contributed by atoms with Crippen molar-refractivity contribution in [2.45, 2.75) is 11.8 Å². The van der Waals surface area contributed by atoms with Crippen molar-refractivity contribution >= 4 is 27.9 Å². The van der Waals surface area contributed by atoms with Gasteiger partial charge in [-0.2, -0.15) is 4.42 Å². The third-order valence-corrected chi connectivity index (χ3v) is 6.77. The van der Waals surface area contributed by atoms with E-state index in [1.807, 2.05) is 6.08 Å². The predicted molar refractivity (Wildman–Crippen MR) is 94.6 cm³/mol. The van der Waals surface area contributed by atoms with Crippen LogP contribution in [0.3, 0.4) is 0 Å². The van der Waals surface area contributed by atoms with Gasteiger partial charge in [0.2, 0.25) is 0 Å². The molecule has 1 heterocycles. The van der Waals surface area contributed by atoms with Crippen molar-refractivity contribution in [1.82, 2.24) is 0 Å². The summed E-state index contributed by atoms with van der Waals surface area (Å²) in [4.78, 5) is 11.6. The average Bonchev–Trinajstić information content (AvgIpc) is 3.05. The number of hydrogen-bond acceptors (Lipinski definition) is 6. The number of phenolic OH excluding ortho intramolecular Hbond substituents is 4. The highest BCUT2D eigenvalue weighted by Gasteiger charge is 2.76. The number of carboxylic acid groups (broad SMARTS) is 1. The fourth-order valence-electron chi connectivity index (χ4n) is 5.57. The number of rotatable bonds is 2. The Morgan fingerprint density at radius 3 is 2.07 bits per heavy atom. The molecule has 7 nitrogen and oxygen atoms in total. The van der Waals surface area contributed by atoms with Gasteiger partial charge < -0.3 is 30.3 Å². The molecule has 3 aliphatic carbocycles. The van der Waals surface area contributed by atoms with Crippen LogP contribution in [-0.2, 0) is 10.2 Å². The number of hydrogen-bond donors (Lipinski definition) is 4. The van der Waals surface area contributed by atoms with Crippen molar-refractivity contribution in [3.05, 3.63) is 41.5 Å². The van der Waals surface area contributed by atoms with E-state index in [2.05, 4.69) is 0 Å². The second kappa shape index (κ2) is 4.49. The molecule has 4 unspecified atom stereocenters. The van der Waals surface area contributed by atoms with Crippen molar-refractivity contribution in [1.29, 1.82) is 0 Å². The zero-order chi connectivity index (χ0) is 19.5. The zero-order valence-electron chi connectivity index (χ0n) is 14.3. The van der Waals surface area contributed by atoms with Crippen LogP contribution in [0.1, 0.15) is 12.0 Å². The number of carbonyl (C=O) groups is 1. The Balaban J connectivity index is 1.75. The number of phenols is 4. The molecule has 0 aliphatic heterocycles. The number of fused-ring (bicyclic) bond motifs is 3. The van der Waals surface area contributed by atoms with E-state index in [0.29, 0.717) is 17.2 Å². The molecule has 2 fully saturated rings. The van der Waals surface area contributed by atoms with E-state index < -0.39 is 28.8 Å². The first-order valence-corrected chi connectivity index (χ1v) is 8.95. The van der Waals surface area contributed by atoms with E-state index in [1.54, 1.807) is 12.1 Å². The molecule has 0 radical (unpaired) electrons. The van der Waals surface area contributed by atoms with E-state index in [1.165, 1.54) is 12.1 Å². The smallest absolute Gasteiger partial charge is 0.406 e. The fourth-order valence-corrected chi connectivity index (χ4v) is 5.57. The number of carboxylic acids is 1. The molecular weight excluding hydrogens is 364 g/mol. The number of allylic oxidation sites excluding steroid dienone is 2. The highest BCUT2D eigenvalue weighted by molar-refractivity contribution is 6.04. The van der Waals surface area contributed by atoms with Crippen LogP contribution in [0, 0.1) is 17.8 Å². The molecule has 6 rings (SSSR count). The van der Waals surface area contributed by atoms with Gasteiger partial charge in [0.05, 0.1) is 10.8 Å². The lowest BCUT2D eigenvalue weighted by molar-refractivity contribution is -0.312. The van der Waals surface area contributed by atoms with Crippen molar-refractivity contribution in [2.24, 2.45) is 17.8 Å². The normalized spacial score (nSPS) is 29.4. The minimum absolute atomic E-state index is 0.0295. The van der Waals surface area contributed by atoms with Gasteiger partial charge in [0.15, 0.2) is 11.5 Å². The predicted octanol–water partition coefficient (Wildman–Crippen LogP) is 1.88. The molecule has 0 amide bonds. The lowest BCUT2D eigenvalue weighted by Gasteiger charge is -2.28. The maximum atomic E-state index is 11.6. The van der Waals surface area contributed by atoms with Gasteiger partial charge in [-0.05, 0) is 42.2 Å². The maximum Gasteiger partial charge on any atom is 0.406 e. The van der Waals surface area contributed by atoms with Gasteiger partial charge >= 0.3 is 11.2 Å². The number of carbonyl (C=O) groups excluding carboxylic acids is 1. The number of benzene rings is 2. The first-order valence-electron chi connectivity index (χ1n) is 8.95. The van der Waals surface area contributed by atoms with Gasteiger partial charge in [-0.25, -0.2) is 0 Å². The van der Waals surface area contributed by atoms with Crippen LogP contribution in [-0.4, -0.2) is 26.4 Å². The fraction of sp³-hybridized carbons (Fsp3) is 0.238. The standard InChI is InChI=1S/C21H14O7/c22-12-3-1-7-14(21-6-10(20(26)27)9-5-11(21)15(9)21)8-2-4-13(23)17(25)19(8)28-18(7)16(12)24/h1-5,9-10,15H,6H2,(H4-,22,23,24,25,26,27). The summed E-state index contributed by atoms with van der Waals surface area (Å²) in [7, 11) is 0. The Kier molecular flexibility index (Phi) is 2.50. The summed E-state index contributed by atoms with van der Waals surface area (Å²) in [6.45, 7) is 0. The lowest BCUT2D eigenvalue weighted by atomic mass is 9.79. The van der Waals surface area contributed by atoms with Crippen molar-refractivity contribution in [2.75, 3.05) is 0 Å². The van der Waals surface area contributed by atoms with Gasteiger partial charge in [-0.1, -0.05) is 11.6 Å². The summed E-state index contributed by atoms with van der Waals surface area (Å²) in [6, 6.07) is 5.92. The van der Waals surface area contributed by atoms with Crippen LogP contribution < -0.4 is 5.11 Å². The molecule has 7 heteroatoms. The topological polar surface area (TPSA) is 132 Å². The van der Waals surface area contributed by atoms with Crippen LogP contribution in [0.4, 0.5) is 0 Å². The van der Waals surface area contributed by atoms with Crippen molar-refractivity contribution in [3.63, 3.8) is 0 Å². The molecule has 0 saturated heterocycles. The van der Waals surface area contributed by atoms with Crippen LogP contribution in [0.2, 0.25) is 0 Å². The monoisotopic (exact) mass is 378 g/mol.